The molecule has 5 nitrogen and oxygen atoms in total. The Balaban J connectivity index is 1.98. The van der Waals surface area contributed by atoms with E-state index in [4.69, 9.17) is 11.6 Å². The van der Waals surface area contributed by atoms with Crippen LogP contribution < -0.4 is 10.6 Å². The summed E-state index contributed by atoms with van der Waals surface area (Å²) in [4.78, 5) is 22.2. The average Bonchev–Trinajstić information content (AvgIpc) is 2.85. The molecular weight excluding hydrogens is 228 g/mol. The van der Waals surface area contributed by atoms with Crippen LogP contribution in [0.2, 0.25) is 5.15 Å². The fraction of sp³-hybridized carbons (Fsp3) is 0.500. The van der Waals surface area contributed by atoms with Gasteiger partial charge in [-0.2, -0.15) is 4.98 Å². The van der Waals surface area contributed by atoms with Crippen LogP contribution in [0.4, 0.5) is 5.82 Å². The average molecular weight is 237 g/mol. The van der Waals surface area contributed by atoms with E-state index in [0.29, 0.717) is 12.6 Å². The van der Waals surface area contributed by atoms with Crippen molar-refractivity contribution in [3.05, 3.63) is 21.7 Å². The minimum atomic E-state index is -0.261. The Morgan fingerprint density at radius 2 is 2.44 bits per heavy atom. The quantitative estimate of drug-likeness (QED) is 0.610. The lowest BCUT2D eigenvalue weighted by molar-refractivity contribution is 0.541. The van der Waals surface area contributed by atoms with Gasteiger partial charge in [0.15, 0.2) is 0 Å². The van der Waals surface area contributed by atoms with Crippen molar-refractivity contribution >= 4 is 23.6 Å². The van der Waals surface area contributed by atoms with Crippen LogP contribution in [0.15, 0.2) is 15.9 Å². The molecule has 0 aromatic carbocycles. The Morgan fingerprint density at radius 3 is 3.25 bits per heavy atom. The SMILES string of the molecule is O=c1nc(Cl)cc2n1C[C@]13C=N[C@H](CN21)C3. The molecule has 2 bridgehead atoms. The maximum atomic E-state index is 11.7. The highest BCUT2D eigenvalue weighted by molar-refractivity contribution is 6.29. The van der Waals surface area contributed by atoms with Crippen LogP contribution in [0, 0.1) is 0 Å². The summed E-state index contributed by atoms with van der Waals surface area (Å²) in [7, 11) is 0. The van der Waals surface area contributed by atoms with Crippen LogP contribution in [0.3, 0.4) is 0 Å². The topological polar surface area (TPSA) is 50.5 Å². The molecule has 6 heteroatoms. The molecule has 1 fully saturated rings. The molecule has 82 valence electrons. The van der Waals surface area contributed by atoms with Gasteiger partial charge < -0.3 is 4.90 Å². The predicted octanol–water partition coefficient (Wildman–Crippen LogP) is 0.312. The van der Waals surface area contributed by atoms with Gasteiger partial charge in [0, 0.05) is 25.2 Å². The van der Waals surface area contributed by atoms with Crippen molar-refractivity contribution in [3.63, 3.8) is 0 Å². The van der Waals surface area contributed by atoms with Crippen molar-refractivity contribution in [2.45, 2.75) is 24.5 Å². The maximum Gasteiger partial charge on any atom is 0.350 e. The van der Waals surface area contributed by atoms with Gasteiger partial charge in [0.05, 0.1) is 18.1 Å². The van der Waals surface area contributed by atoms with Gasteiger partial charge in [-0.3, -0.25) is 9.56 Å². The minimum absolute atomic E-state index is 0.0802. The van der Waals surface area contributed by atoms with E-state index >= 15 is 0 Å². The second-order valence-corrected chi connectivity index (χ2v) is 5.04. The summed E-state index contributed by atoms with van der Waals surface area (Å²) in [5.41, 5.74) is -0.341. The Hall–Kier alpha value is -1.36. The lowest BCUT2D eigenvalue weighted by atomic mass is 10.0. The van der Waals surface area contributed by atoms with E-state index in [1.165, 1.54) is 0 Å². The van der Waals surface area contributed by atoms with Gasteiger partial charge in [0.2, 0.25) is 0 Å². The Morgan fingerprint density at radius 1 is 1.56 bits per heavy atom. The molecule has 0 aliphatic carbocycles. The fourth-order valence-electron chi connectivity index (χ4n) is 3.07. The molecule has 0 saturated carbocycles. The number of hydrogen-bond acceptors (Lipinski definition) is 4. The van der Waals surface area contributed by atoms with Gasteiger partial charge in [0.25, 0.3) is 0 Å². The van der Waals surface area contributed by atoms with Gasteiger partial charge >= 0.3 is 5.69 Å². The van der Waals surface area contributed by atoms with Gasteiger partial charge in [-0.05, 0) is 0 Å². The smallest absolute Gasteiger partial charge is 0.343 e. The van der Waals surface area contributed by atoms with Gasteiger partial charge in [-0.25, -0.2) is 4.79 Å². The van der Waals surface area contributed by atoms with Crippen LogP contribution in [-0.4, -0.2) is 33.9 Å². The molecule has 0 radical (unpaired) electrons. The molecule has 1 spiro atoms. The fourth-order valence-corrected chi connectivity index (χ4v) is 3.24. The van der Waals surface area contributed by atoms with E-state index in [1.54, 1.807) is 10.6 Å². The molecule has 0 amide bonds. The van der Waals surface area contributed by atoms with E-state index in [-0.39, 0.29) is 16.4 Å². The molecule has 2 atom stereocenters. The number of anilines is 1. The zero-order valence-electron chi connectivity index (χ0n) is 8.43. The first-order valence-corrected chi connectivity index (χ1v) is 5.65. The van der Waals surface area contributed by atoms with Crippen molar-refractivity contribution in [2.24, 2.45) is 4.99 Å². The van der Waals surface area contributed by atoms with E-state index in [2.05, 4.69) is 14.9 Å². The van der Waals surface area contributed by atoms with Crippen molar-refractivity contribution < 1.29 is 0 Å². The molecule has 16 heavy (non-hydrogen) atoms. The molecule has 1 aromatic rings. The van der Waals surface area contributed by atoms with Crippen LogP contribution >= 0.6 is 11.6 Å². The summed E-state index contributed by atoms with van der Waals surface area (Å²) in [6, 6.07) is 2.16. The molecule has 3 aliphatic heterocycles. The number of aromatic nitrogens is 2. The molecular formula is C10H9ClN4O. The number of fused-ring (bicyclic) bond motifs is 3. The minimum Gasteiger partial charge on any atom is -0.343 e. The highest BCUT2D eigenvalue weighted by Crippen LogP contribution is 2.44. The van der Waals surface area contributed by atoms with Crippen molar-refractivity contribution in [1.29, 1.82) is 0 Å². The third kappa shape index (κ3) is 0.859. The standard InChI is InChI=1S/C10H9ClN4O/c11-7-1-8-14(9(16)13-7)5-10-2-6(12-4-10)3-15(8)10/h1,4,6H,2-3,5H2/t6-,10-/m0/s1. The van der Waals surface area contributed by atoms with Crippen molar-refractivity contribution in [3.8, 4) is 0 Å². The Labute approximate surface area is 96.4 Å². The summed E-state index contributed by atoms with van der Waals surface area (Å²) in [6.45, 7) is 1.54. The van der Waals surface area contributed by atoms with Crippen LogP contribution in [0.5, 0.6) is 0 Å². The van der Waals surface area contributed by atoms with Crippen LogP contribution in [-0.2, 0) is 6.54 Å². The lowest BCUT2D eigenvalue weighted by Gasteiger charge is -2.28. The number of nitrogens with zero attached hydrogens (tertiary/aromatic N) is 4. The summed E-state index contributed by atoms with van der Waals surface area (Å²) >= 11 is 5.83. The zero-order chi connectivity index (χ0) is 10.9. The number of rotatable bonds is 0. The molecule has 3 aliphatic rings. The van der Waals surface area contributed by atoms with Crippen LogP contribution in [0.1, 0.15) is 6.42 Å². The molecule has 0 unspecified atom stereocenters. The number of aliphatic imine (C=N–C) groups is 1. The second-order valence-electron chi connectivity index (χ2n) is 4.66. The molecule has 4 heterocycles. The third-order valence-corrected chi connectivity index (χ3v) is 3.91. The normalized spacial score (nSPS) is 33.3. The highest BCUT2D eigenvalue weighted by atomic mass is 35.5. The lowest BCUT2D eigenvalue weighted by Crippen LogP contribution is -2.43. The first kappa shape index (κ1) is 8.75. The van der Waals surface area contributed by atoms with E-state index < -0.39 is 0 Å². The summed E-state index contributed by atoms with van der Waals surface area (Å²) in [5, 5.41) is 0.271. The predicted molar refractivity (Wildman–Crippen MR) is 60.5 cm³/mol. The van der Waals surface area contributed by atoms with Crippen LogP contribution in [0.25, 0.3) is 0 Å². The first-order chi connectivity index (χ1) is 7.68. The third-order valence-electron chi connectivity index (χ3n) is 3.71. The van der Waals surface area contributed by atoms with Crippen molar-refractivity contribution in [1.82, 2.24) is 9.55 Å². The number of halogens is 1. The summed E-state index contributed by atoms with van der Waals surface area (Å²) in [6.07, 6.45) is 2.99. The molecule has 1 aromatic heterocycles. The van der Waals surface area contributed by atoms with E-state index in [1.807, 2.05) is 6.21 Å². The Kier molecular flexibility index (Phi) is 1.36. The summed E-state index contributed by atoms with van der Waals surface area (Å²) < 4.78 is 1.69. The molecule has 4 rings (SSSR count). The maximum absolute atomic E-state index is 11.7. The first-order valence-electron chi connectivity index (χ1n) is 5.27. The summed E-state index contributed by atoms with van der Waals surface area (Å²) in [5.74, 6) is 0.888. The van der Waals surface area contributed by atoms with E-state index in [0.717, 1.165) is 18.8 Å². The zero-order valence-corrected chi connectivity index (χ0v) is 9.18. The monoisotopic (exact) mass is 236 g/mol. The van der Waals surface area contributed by atoms with Crippen molar-refractivity contribution in [2.75, 3.05) is 11.4 Å². The largest absolute Gasteiger partial charge is 0.350 e. The van der Waals surface area contributed by atoms with Gasteiger partial charge in [0.1, 0.15) is 11.0 Å². The second kappa shape index (κ2) is 2.48. The molecule has 1 saturated heterocycles. The number of hydrogen-bond donors (Lipinski definition) is 0. The Bertz CT molecular complexity index is 581. The molecule has 0 N–H and O–H groups in total. The highest BCUT2D eigenvalue weighted by Gasteiger charge is 2.53. The van der Waals surface area contributed by atoms with E-state index in [9.17, 15) is 4.79 Å². The van der Waals surface area contributed by atoms with Gasteiger partial charge in [-0.1, -0.05) is 11.6 Å². The van der Waals surface area contributed by atoms with Gasteiger partial charge in [-0.15, -0.1) is 0 Å².